The number of carbonyl (C=O) groups is 2. The molecule has 0 aliphatic rings. The molecule has 0 radical (unpaired) electrons. The molecule has 1 heterocycles. The van der Waals surface area contributed by atoms with E-state index in [0.29, 0.717) is 22.8 Å². The Kier molecular flexibility index (Phi) is 8.88. The zero-order valence-corrected chi connectivity index (χ0v) is 19.0. The molecule has 174 valence electrons. The molecule has 9 heteroatoms. The van der Waals surface area contributed by atoms with Crippen molar-refractivity contribution in [1.82, 2.24) is 10.3 Å². The van der Waals surface area contributed by atoms with Crippen LogP contribution in [0.5, 0.6) is 0 Å². The van der Waals surface area contributed by atoms with Crippen molar-refractivity contribution in [2.45, 2.75) is 45.3 Å². The largest absolute Gasteiger partial charge is 0.445 e. The van der Waals surface area contributed by atoms with E-state index in [1.54, 1.807) is 5.38 Å². The van der Waals surface area contributed by atoms with Gasteiger partial charge < -0.3 is 15.4 Å². The van der Waals surface area contributed by atoms with Gasteiger partial charge in [-0.25, -0.2) is 18.6 Å². The number of halogens is 2. The van der Waals surface area contributed by atoms with Crippen LogP contribution in [-0.4, -0.2) is 23.0 Å². The Morgan fingerprint density at radius 2 is 1.88 bits per heavy atom. The molecule has 33 heavy (non-hydrogen) atoms. The molecule has 6 nitrogen and oxygen atoms in total. The van der Waals surface area contributed by atoms with Crippen LogP contribution >= 0.6 is 11.3 Å². The van der Waals surface area contributed by atoms with Gasteiger partial charge in [-0.1, -0.05) is 56.5 Å². The number of aromatic nitrogens is 1. The van der Waals surface area contributed by atoms with Crippen molar-refractivity contribution in [1.29, 1.82) is 0 Å². The highest BCUT2D eigenvalue weighted by Gasteiger charge is 2.22. The first-order chi connectivity index (χ1) is 16.0. The average molecular weight is 474 g/mol. The molecule has 0 aliphatic carbocycles. The summed E-state index contributed by atoms with van der Waals surface area (Å²) < 4.78 is 31.9. The van der Waals surface area contributed by atoms with Gasteiger partial charge in [0, 0.05) is 10.9 Å². The number of rotatable bonds is 10. The molecule has 0 fully saturated rings. The lowest BCUT2D eigenvalue weighted by Gasteiger charge is -2.17. The minimum Gasteiger partial charge on any atom is -0.445 e. The molecule has 2 aromatic carbocycles. The van der Waals surface area contributed by atoms with Crippen LogP contribution in [0.2, 0.25) is 0 Å². The van der Waals surface area contributed by atoms with Gasteiger partial charge in [-0.3, -0.25) is 4.79 Å². The van der Waals surface area contributed by atoms with E-state index in [1.165, 1.54) is 6.07 Å². The van der Waals surface area contributed by atoms with Gasteiger partial charge in [-0.2, -0.15) is 0 Å². The molecular weight excluding hydrogens is 448 g/mol. The number of ether oxygens (including phenoxy) is 1. The third-order valence-electron chi connectivity index (χ3n) is 4.87. The first kappa shape index (κ1) is 24.3. The number of carbonyl (C=O) groups excluding carboxylic acids is 2. The highest BCUT2D eigenvalue weighted by atomic mass is 32.1. The van der Waals surface area contributed by atoms with Gasteiger partial charge in [-0.15, -0.1) is 11.3 Å². The minimum atomic E-state index is -0.972. The van der Waals surface area contributed by atoms with Gasteiger partial charge in [0.2, 0.25) is 5.91 Å². The number of hydrogen-bond donors (Lipinski definition) is 2. The fraction of sp³-hybridized carbons (Fsp3) is 0.292. The highest BCUT2D eigenvalue weighted by Crippen LogP contribution is 2.26. The van der Waals surface area contributed by atoms with Crippen LogP contribution in [0, 0.1) is 11.6 Å². The highest BCUT2D eigenvalue weighted by molar-refractivity contribution is 7.14. The normalized spacial score (nSPS) is 11.6. The van der Waals surface area contributed by atoms with E-state index >= 15 is 0 Å². The van der Waals surface area contributed by atoms with Gasteiger partial charge in [0.05, 0.1) is 5.69 Å². The molecule has 0 aliphatic heterocycles. The Balaban J connectivity index is 1.61. The van der Waals surface area contributed by atoms with Crippen molar-refractivity contribution in [2.75, 3.05) is 5.32 Å². The molecule has 0 saturated carbocycles. The summed E-state index contributed by atoms with van der Waals surface area (Å²) in [5, 5.41) is 7.25. The SMILES string of the molecule is CCCCC[C@H](NC(=O)OCc1ccccc1)C(=O)Nc1nc(-c2ccc(F)c(F)c2)cs1. The lowest BCUT2D eigenvalue weighted by atomic mass is 10.1. The molecule has 0 bridgehead atoms. The average Bonchev–Trinajstić information content (AvgIpc) is 3.28. The zero-order chi connectivity index (χ0) is 23.6. The van der Waals surface area contributed by atoms with Gasteiger partial charge >= 0.3 is 6.09 Å². The van der Waals surface area contributed by atoms with E-state index in [-0.39, 0.29) is 6.61 Å². The maximum Gasteiger partial charge on any atom is 0.408 e. The van der Waals surface area contributed by atoms with Crippen LogP contribution in [0.1, 0.15) is 38.2 Å². The summed E-state index contributed by atoms with van der Waals surface area (Å²) in [5.74, 6) is -2.34. The van der Waals surface area contributed by atoms with Gasteiger partial charge in [0.15, 0.2) is 16.8 Å². The molecule has 1 atom stereocenters. The van der Waals surface area contributed by atoms with Gasteiger partial charge in [0.25, 0.3) is 0 Å². The Labute approximate surface area is 195 Å². The van der Waals surface area contributed by atoms with E-state index in [0.717, 1.165) is 48.3 Å². The second-order valence-electron chi connectivity index (χ2n) is 7.41. The Morgan fingerprint density at radius 3 is 2.61 bits per heavy atom. The third-order valence-corrected chi connectivity index (χ3v) is 5.63. The number of thiazole rings is 1. The molecular formula is C24H25F2N3O3S. The van der Waals surface area contributed by atoms with E-state index in [1.807, 2.05) is 37.3 Å². The van der Waals surface area contributed by atoms with E-state index in [2.05, 4.69) is 15.6 Å². The predicted molar refractivity (Wildman–Crippen MR) is 124 cm³/mol. The molecule has 3 aromatic rings. The summed E-state index contributed by atoms with van der Waals surface area (Å²) in [6.45, 7) is 2.14. The Morgan fingerprint density at radius 1 is 1.09 bits per heavy atom. The van der Waals surface area contributed by atoms with Crippen LogP contribution in [0.4, 0.5) is 18.7 Å². The smallest absolute Gasteiger partial charge is 0.408 e. The van der Waals surface area contributed by atoms with Crippen LogP contribution in [0.25, 0.3) is 11.3 Å². The Hall–Kier alpha value is -3.33. The summed E-state index contributed by atoms with van der Waals surface area (Å²) in [5.41, 5.74) is 1.65. The van der Waals surface area contributed by atoms with Crippen LogP contribution in [0.3, 0.4) is 0 Å². The van der Waals surface area contributed by atoms with E-state index < -0.39 is 29.7 Å². The van der Waals surface area contributed by atoms with Crippen LogP contribution in [0.15, 0.2) is 53.9 Å². The number of nitrogens with zero attached hydrogens (tertiary/aromatic N) is 1. The van der Waals surface area contributed by atoms with Crippen molar-refractivity contribution in [3.05, 3.63) is 71.1 Å². The number of anilines is 1. The second kappa shape index (κ2) is 12.1. The van der Waals surface area contributed by atoms with Crippen molar-refractivity contribution < 1.29 is 23.1 Å². The maximum absolute atomic E-state index is 13.5. The first-order valence-electron chi connectivity index (χ1n) is 10.6. The fourth-order valence-electron chi connectivity index (χ4n) is 3.09. The quantitative estimate of drug-likeness (QED) is 0.359. The van der Waals surface area contributed by atoms with Gasteiger partial charge in [0.1, 0.15) is 12.6 Å². The molecule has 2 N–H and O–H groups in total. The number of hydrogen-bond acceptors (Lipinski definition) is 5. The fourth-order valence-corrected chi connectivity index (χ4v) is 3.81. The van der Waals surface area contributed by atoms with Crippen molar-refractivity contribution in [3.63, 3.8) is 0 Å². The summed E-state index contributed by atoms with van der Waals surface area (Å²) >= 11 is 1.15. The monoisotopic (exact) mass is 473 g/mol. The lowest BCUT2D eigenvalue weighted by molar-refractivity contribution is -0.118. The number of alkyl carbamates (subject to hydrolysis) is 1. The van der Waals surface area contributed by atoms with E-state index in [4.69, 9.17) is 4.74 Å². The molecule has 3 rings (SSSR count). The molecule has 1 aromatic heterocycles. The molecule has 0 unspecified atom stereocenters. The van der Waals surface area contributed by atoms with Crippen LogP contribution in [-0.2, 0) is 16.1 Å². The molecule has 2 amide bonds. The minimum absolute atomic E-state index is 0.0973. The number of nitrogens with one attached hydrogen (secondary N) is 2. The summed E-state index contributed by atoms with van der Waals surface area (Å²) in [6, 6.07) is 11.9. The van der Waals surface area contributed by atoms with Crippen LogP contribution < -0.4 is 10.6 Å². The second-order valence-corrected chi connectivity index (χ2v) is 8.27. The van der Waals surface area contributed by atoms with Crippen molar-refractivity contribution in [3.8, 4) is 11.3 Å². The predicted octanol–water partition coefficient (Wildman–Crippen LogP) is 5.90. The molecule has 0 saturated heterocycles. The van der Waals surface area contributed by atoms with E-state index in [9.17, 15) is 18.4 Å². The Bertz CT molecular complexity index is 1080. The number of unbranched alkanes of at least 4 members (excludes halogenated alkanes) is 2. The zero-order valence-electron chi connectivity index (χ0n) is 18.1. The van der Waals surface area contributed by atoms with Gasteiger partial charge in [-0.05, 0) is 30.2 Å². The number of benzene rings is 2. The topological polar surface area (TPSA) is 80.3 Å². The standard InChI is InChI=1S/C24H25F2N3O3S/c1-2-3-5-10-20(28-24(31)32-14-16-8-6-4-7-9-16)22(30)29-23-27-21(15-33-23)17-11-12-18(25)19(26)13-17/h4,6-9,11-13,15,20H,2-3,5,10,14H2,1H3,(H,28,31)(H,27,29,30)/t20-/m0/s1. The summed E-state index contributed by atoms with van der Waals surface area (Å²) in [6.07, 6.45) is 2.41. The number of amides is 2. The third kappa shape index (κ3) is 7.35. The van der Waals surface area contributed by atoms with Crippen molar-refractivity contribution >= 4 is 28.5 Å². The molecule has 0 spiro atoms. The lowest BCUT2D eigenvalue weighted by Crippen LogP contribution is -2.44. The maximum atomic E-state index is 13.5. The van der Waals surface area contributed by atoms with Crippen molar-refractivity contribution in [2.24, 2.45) is 0 Å². The first-order valence-corrected chi connectivity index (χ1v) is 11.5. The summed E-state index contributed by atoms with van der Waals surface area (Å²) in [4.78, 5) is 29.4. The summed E-state index contributed by atoms with van der Waals surface area (Å²) in [7, 11) is 0.